The van der Waals surface area contributed by atoms with Gasteiger partial charge in [-0.2, -0.15) is 0 Å². The van der Waals surface area contributed by atoms with Gasteiger partial charge in [0.1, 0.15) is 12.2 Å². The number of esters is 1. The summed E-state index contributed by atoms with van der Waals surface area (Å²) in [6.45, 7) is 6.13. The number of nitro benzene ring substituents is 2. The average molecular weight is 348 g/mol. The van der Waals surface area contributed by atoms with Crippen molar-refractivity contribution in [1.82, 2.24) is 4.90 Å². The minimum absolute atomic E-state index is 0. The fourth-order valence-corrected chi connectivity index (χ4v) is 1.84. The van der Waals surface area contributed by atoms with Gasteiger partial charge < -0.3 is 9.64 Å². The van der Waals surface area contributed by atoms with Gasteiger partial charge >= 0.3 is 5.97 Å². The summed E-state index contributed by atoms with van der Waals surface area (Å²) in [7, 11) is 0. The molecule has 128 valence electrons. The topological polar surface area (TPSA) is 116 Å². The number of ether oxygens (including phenoxy) is 1. The third-order valence-corrected chi connectivity index (χ3v) is 3.14. The van der Waals surface area contributed by atoms with Crippen molar-refractivity contribution < 1.29 is 19.4 Å². The molecular weight excluding hydrogens is 330 g/mol. The molecule has 9 nitrogen and oxygen atoms in total. The van der Waals surface area contributed by atoms with Crippen LogP contribution in [0.15, 0.2) is 18.2 Å². The predicted molar refractivity (Wildman–Crippen MR) is 85.1 cm³/mol. The summed E-state index contributed by atoms with van der Waals surface area (Å²) in [5, 5.41) is 21.6. The molecule has 0 unspecified atom stereocenters. The number of carbonyl (C=O) groups is 1. The third-order valence-electron chi connectivity index (χ3n) is 3.14. The number of rotatable bonds is 8. The van der Waals surface area contributed by atoms with Crippen LogP contribution in [0, 0.1) is 20.2 Å². The lowest BCUT2D eigenvalue weighted by Crippen LogP contribution is -2.28. The van der Waals surface area contributed by atoms with Crippen LogP contribution in [0.5, 0.6) is 0 Å². The summed E-state index contributed by atoms with van der Waals surface area (Å²) in [4.78, 5) is 33.9. The Kier molecular flexibility index (Phi) is 8.74. The van der Waals surface area contributed by atoms with Crippen LogP contribution in [-0.2, 0) is 4.74 Å². The van der Waals surface area contributed by atoms with Gasteiger partial charge in [0.05, 0.1) is 15.9 Å². The largest absolute Gasteiger partial charge is 0.461 e. The van der Waals surface area contributed by atoms with Crippen molar-refractivity contribution in [3.8, 4) is 0 Å². The number of carbonyl (C=O) groups excluding carboxylic acids is 1. The van der Waals surface area contributed by atoms with Crippen molar-refractivity contribution in [3.63, 3.8) is 0 Å². The van der Waals surface area contributed by atoms with E-state index in [4.69, 9.17) is 4.74 Å². The van der Waals surface area contributed by atoms with Crippen LogP contribution >= 0.6 is 12.4 Å². The molecular formula is C13H18ClN3O6. The maximum Gasteiger partial charge on any atom is 0.345 e. The van der Waals surface area contributed by atoms with Gasteiger partial charge in [0, 0.05) is 12.6 Å². The molecule has 1 aromatic carbocycles. The average Bonchev–Trinajstić information content (AvgIpc) is 2.50. The molecule has 1 rings (SSSR count). The van der Waals surface area contributed by atoms with Crippen LogP contribution in [0.2, 0.25) is 0 Å². The number of nitro groups is 2. The van der Waals surface area contributed by atoms with Crippen LogP contribution in [-0.4, -0.2) is 47.0 Å². The highest BCUT2D eigenvalue weighted by atomic mass is 35.5. The van der Waals surface area contributed by atoms with Gasteiger partial charge in [0.2, 0.25) is 0 Å². The van der Waals surface area contributed by atoms with E-state index in [2.05, 4.69) is 0 Å². The number of halogens is 1. The first-order chi connectivity index (χ1) is 10.4. The van der Waals surface area contributed by atoms with E-state index in [-0.39, 0.29) is 24.6 Å². The molecule has 0 spiro atoms. The summed E-state index contributed by atoms with van der Waals surface area (Å²) in [5.41, 5.74) is -1.39. The van der Waals surface area contributed by atoms with Gasteiger partial charge in [-0.3, -0.25) is 20.2 Å². The number of non-ortho nitro benzene ring substituents is 1. The molecule has 0 fully saturated rings. The molecule has 0 heterocycles. The van der Waals surface area contributed by atoms with Gasteiger partial charge in [0.15, 0.2) is 0 Å². The maximum atomic E-state index is 11.9. The van der Waals surface area contributed by atoms with Crippen molar-refractivity contribution in [1.29, 1.82) is 0 Å². The molecule has 10 heteroatoms. The summed E-state index contributed by atoms with van der Waals surface area (Å²) >= 11 is 0. The zero-order chi connectivity index (χ0) is 16.7. The molecule has 0 saturated carbocycles. The number of hydrogen-bond donors (Lipinski definition) is 0. The van der Waals surface area contributed by atoms with Gasteiger partial charge in [0.25, 0.3) is 11.4 Å². The molecule has 0 aliphatic carbocycles. The summed E-state index contributed by atoms with van der Waals surface area (Å²) < 4.78 is 5.00. The molecule has 0 bridgehead atoms. The van der Waals surface area contributed by atoms with E-state index in [1.54, 1.807) is 0 Å². The minimum atomic E-state index is -0.867. The first-order valence-corrected chi connectivity index (χ1v) is 6.73. The molecule has 23 heavy (non-hydrogen) atoms. The lowest BCUT2D eigenvalue weighted by Gasteiger charge is -2.17. The van der Waals surface area contributed by atoms with E-state index < -0.39 is 27.2 Å². The minimum Gasteiger partial charge on any atom is -0.461 e. The fraction of sp³-hybridized carbons (Fsp3) is 0.462. The SMILES string of the molecule is CCN(CC)CCOC(=O)c1ccc([N+](=O)[O-])cc1[N+](=O)[O-].Cl. The van der Waals surface area contributed by atoms with Crippen LogP contribution < -0.4 is 0 Å². The normalized spacial score (nSPS) is 10.0. The lowest BCUT2D eigenvalue weighted by molar-refractivity contribution is -0.394. The molecule has 0 atom stereocenters. The molecule has 0 saturated heterocycles. The lowest BCUT2D eigenvalue weighted by atomic mass is 10.1. The molecule has 0 aliphatic rings. The quantitative estimate of drug-likeness (QED) is 0.402. The van der Waals surface area contributed by atoms with E-state index in [1.807, 2.05) is 18.7 Å². The van der Waals surface area contributed by atoms with Crippen molar-refractivity contribution >= 4 is 29.8 Å². The molecule has 1 aromatic rings. The van der Waals surface area contributed by atoms with E-state index in [9.17, 15) is 25.0 Å². The second kappa shape index (κ2) is 9.70. The standard InChI is InChI=1S/C13H17N3O6.ClH/c1-3-14(4-2)7-8-22-13(17)11-6-5-10(15(18)19)9-12(11)16(20)21;/h5-6,9H,3-4,7-8H2,1-2H3;1H. The Morgan fingerprint density at radius 3 is 2.26 bits per heavy atom. The monoisotopic (exact) mass is 347 g/mol. The van der Waals surface area contributed by atoms with Crippen LogP contribution in [0.3, 0.4) is 0 Å². The van der Waals surface area contributed by atoms with Crippen molar-refractivity contribution in [2.24, 2.45) is 0 Å². The molecule has 0 amide bonds. The van der Waals surface area contributed by atoms with Crippen molar-refractivity contribution in [3.05, 3.63) is 44.0 Å². The molecule has 0 aromatic heterocycles. The summed E-state index contributed by atoms with van der Waals surface area (Å²) in [6, 6.07) is 2.82. The van der Waals surface area contributed by atoms with Crippen molar-refractivity contribution in [2.75, 3.05) is 26.2 Å². The highest BCUT2D eigenvalue weighted by Crippen LogP contribution is 2.25. The second-order valence-electron chi connectivity index (χ2n) is 4.38. The first kappa shape index (κ1) is 20.7. The third kappa shape index (κ3) is 5.80. The number of benzene rings is 1. The zero-order valence-electron chi connectivity index (χ0n) is 12.8. The predicted octanol–water partition coefficient (Wildman–Crippen LogP) is 2.42. The first-order valence-electron chi connectivity index (χ1n) is 6.73. The number of likely N-dealkylation sites (N-methyl/N-ethyl adjacent to an activating group) is 1. The molecule has 0 N–H and O–H groups in total. The highest BCUT2D eigenvalue weighted by Gasteiger charge is 2.25. The summed E-state index contributed by atoms with van der Waals surface area (Å²) in [6.07, 6.45) is 0. The Bertz CT molecular complexity index is 577. The van der Waals surface area contributed by atoms with Gasteiger partial charge in [-0.05, 0) is 19.2 Å². The Hall–Kier alpha value is -2.26. The van der Waals surface area contributed by atoms with E-state index in [0.29, 0.717) is 6.54 Å². The Balaban J connectivity index is 0.00000484. The van der Waals surface area contributed by atoms with E-state index in [1.165, 1.54) is 0 Å². The Morgan fingerprint density at radius 2 is 1.78 bits per heavy atom. The van der Waals surface area contributed by atoms with Gasteiger partial charge in [-0.25, -0.2) is 4.79 Å². The van der Waals surface area contributed by atoms with Crippen LogP contribution in [0.1, 0.15) is 24.2 Å². The Morgan fingerprint density at radius 1 is 1.17 bits per heavy atom. The summed E-state index contributed by atoms with van der Waals surface area (Å²) in [5.74, 6) is -0.867. The molecule has 0 radical (unpaired) electrons. The van der Waals surface area contributed by atoms with Crippen LogP contribution in [0.4, 0.5) is 11.4 Å². The zero-order valence-corrected chi connectivity index (χ0v) is 13.6. The second-order valence-corrected chi connectivity index (χ2v) is 4.38. The fourth-order valence-electron chi connectivity index (χ4n) is 1.84. The van der Waals surface area contributed by atoms with Gasteiger partial charge in [-0.1, -0.05) is 13.8 Å². The van der Waals surface area contributed by atoms with Crippen molar-refractivity contribution in [2.45, 2.75) is 13.8 Å². The van der Waals surface area contributed by atoms with Gasteiger partial charge in [-0.15, -0.1) is 12.4 Å². The van der Waals surface area contributed by atoms with E-state index >= 15 is 0 Å². The molecule has 0 aliphatic heterocycles. The number of nitrogens with zero attached hydrogens (tertiary/aromatic N) is 3. The van der Waals surface area contributed by atoms with Crippen LogP contribution in [0.25, 0.3) is 0 Å². The Labute approximate surface area is 138 Å². The maximum absolute atomic E-state index is 11.9. The highest BCUT2D eigenvalue weighted by molar-refractivity contribution is 5.94. The number of hydrogen-bond acceptors (Lipinski definition) is 7. The smallest absolute Gasteiger partial charge is 0.345 e. The van der Waals surface area contributed by atoms with E-state index in [0.717, 1.165) is 31.3 Å².